The predicted molar refractivity (Wildman–Crippen MR) is 86.6 cm³/mol. The van der Waals surface area contributed by atoms with Gasteiger partial charge in [-0.2, -0.15) is 0 Å². The number of nitrogens with one attached hydrogen (secondary N) is 3. The molecule has 0 fully saturated rings. The van der Waals surface area contributed by atoms with E-state index < -0.39 is 11.0 Å². The molecule has 0 aliphatic heterocycles. The Hall–Kier alpha value is -3.42. The fourth-order valence-electron chi connectivity index (χ4n) is 2.12. The summed E-state index contributed by atoms with van der Waals surface area (Å²) in [5, 5.41) is 15.7. The Bertz CT molecular complexity index is 886. The van der Waals surface area contributed by atoms with Gasteiger partial charge in [-0.3, -0.25) is 15.4 Å². The smallest absolute Gasteiger partial charge is 0.324 e. The molecule has 2 aromatic carbocycles. The number of benzene rings is 2. The number of hydrogen-bond donors (Lipinski definition) is 3. The average molecular weight is 311 g/mol. The van der Waals surface area contributed by atoms with Crippen molar-refractivity contribution in [2.75, 3.05) is 10.6 Å². The molecule has 3 rings (SSSR count). The van der Waals surface area contributed by atoms with E-state index in [2.05, 4.69) is 20.6 Å². The average Bonchev–Trinajstić information content (AvgIpc) is 2.88. The Morgan fingerprint density at radius 1 is 1.17 bits per heavy atom. The van der Waals surface area contributed by atoms with Crippen LogP contribution in [0.2, 0.25) is 0 Å². The summed E-state index contributed by atoms with van der Waals surface area (Å²) in [6.07, 6.45) is 0. The number of aromatic amines is 1. The Morgan fingerprint density at radius 2 is 1.91 bits per heavy atom. The minimum absolute atomic E-state index is 0.0383. The van der Waals surface area contributed by atoms with E-state index in [-0.39, 0.29) is 5.69 Å². The molecule has 0 saturated heterocycles. The van der Waals surface area contributed by atoms with Gasteiger partial charge in [-0.05, 0) is 36.8 Å². The zero-order valence-corrected chi connectivity index (χ0v) is 12.2. The first kappa shape index (κ1) is 14.5. The second-order valence-electron chi connectivity index (χ2n) is 4.99. The highest BCUT2D eigenvalue weighted by Gasteiger charge is 2.09. The number of nitrogens with zero attached hydrogens (tertiary/aromatic N) is 2. The number of H-pyrrole nitrogens is 1. The molecule has 0 aliphatic rings. The first-order valence-electron chi connectivity index (χ1n) is 6.80. The van der Waals surface area contributed by atoms with Crippen LogP contribution in [0.4, 0.5) is 22.1 Å². The second-order valence-corrected chi connectivity index (χ2v) is 4.99. The van der Waals surface area contributed by atoms with Crippen molar-refractivity contribution in [3.63, 3.8) is 0 Å². The summed E-state index contributed by atoms with van der Waals surface area (Å²) in [4.78, 5) is 29.3. The molecule has 0 unspecified atom stereocenters. The van der Waals surface area contributed by atoms with E-state index >= 15 is 0 Å². The van der Waals surface area contributed by atoms with Gasteiger partial charge in [0.1, 0.15) is 0 Å². The van der Waals surface area contributed by atoms with E-state index in [0.717, 1.165) is 16.6 Å². The SMILES string of the molecule is Cc1ccc2nc(NC(=O)Nc3ccc([N+](=O)[O-])cc3)[nH]c2c1. The first-order valence-corrected chi connectivity index (χ1v) is 6.80. The van der Waals surface area contributed by atoms with Crippen LogP contribution < -0.4 is 10.6 Å². The standard InChI is InChI=1S/C15H13N5O3/c1-9-2-7-12-13(8-9)18-14(17-12)19-15(21)16-10-3-5-11(6-4-10)20(22)23/h2-8H,1H3,(H3,16,17,18,19,21). The van der Waals surface area contributed by atoms with E-state index in [1.54, 1.807) is 0 Å². The number of amides is 2. The molecule has 23 heavy (non-hydrogen) atoms. The van der Waals surface area contributed by atoms with Crippen molar-refractivity contribution in [3.05, 3.63) is 58.1 Å². The maximum Gasteiger partial charge on any atom is 0.326 e. The first-order chi connectivity index (χ1) is 11.0. The van der Waals surface area contributed by atoms with Gasteiger partial charge >= 0.3 is 6.03 Å². The Labute approximate surface area is 130 Å². The Balaban J connectivity index is 1.69. The number of carbonyl (C=O) groups is 1. The van der Waals surface area contributed by atoms with Crippen LogP contribution in [-0.2, 0) is 0 Å². The highest BCUT2D eigenvalue weighted by molar-refractivity contribution is 5.99. The zero-order chi connectivity index (χ0) is 16.4. The number of nitro groups is 1. The van der Waals surface area contributed by atoms with E-state index in [0.29, 0.717) is 11.6 Å². The van der Waals surface area contributed by atoms with Crippen molar-refractivity contribution >= 4 is 34.4 Å². The third-order valence-corrected chi connectivity index (χ3v) is 3.21. The van der Waals surface area contributed by atoms with Gasteiger partial charge in [-0.25, -0.2) is 9.78 Å². The van der Waals surface area contributed by atoms with Gasteiger partial charge < -0.3 is 10.3 Å². The Morgan fingerprint density at radius 3 is 2.61 bits per heavy atom. The van der Waals surface area contributed by atoms with Crippen molar-refractivity contribution in [1.29, 1.82) is 0 Å². The third kappa shape index (κ3) is 3.26. The molecule has 0 radical (unpaired) electrons. The molecule has 1 heterocycles. The van der Waals surface area contributed by atoms with Crippen molar-refractivity contribution in [2.24, 2.45) is 0 Å². The zero-order valence-electron chi connectivity index (χ0n) is 12.2. The van der Waals surface area contributed by atoms with Gasteiger partial charge in [0.05, 0.1) is 16.0 Å². The lowest BCUT2D eigenvalue weighted by atomic mass is 10.2. The second kappa shape index (κ2) is 5.76. The Kier molecular flexibility index (Phi) is 3.63. The fourth-order valence-corrected chi connectivity index (χ4v) is 2.12. The summed E-state index contributed by atoms with van der Waals surface area (Å²) in [6, 6.07) is 10.8. The van der Waals surface area contributed by atoms with E-state index in [9.17, 15) is 14.9 Å². The third-order valence-electron chi connectivity index (χ3n) is 3.21. The number of urea groups is 1. The molecule has 0 spiro atoms. The van der Waals surface area contributed by atoms with Crippen LogP contribution in [0.25, 0.3) is 11.0 Å². The highest BCUT2D eigenvalue weighted by Crippen LogP contribution is 2.17. The summed E-state index contributed by atoms with van der Waals surface area (Å²) >= 11 is 0. The number of carbonyl (C=O) groups excluding carboxylic acids is 1. The van der Waals surface area contributed by atoms with Crippen molar-refractivity contribution in [3.8, 4) is 0 Å². The largest absolute Gasteiger partial charge is 0.326 e. The van der Waals surface area contributed by atoms with Gasteiger partial charge in [-0.1, -0.05) is 6.07 Å². The van der Waals surface area contributed by atoms with E-state index in [1.165, 1.54) is 24.3 Å². The van der Waals surface area contributed by atoms with Gasteiger partial charge in [0.2, 0.25) is 5.95 Å². The molecule has 116 valence electrons. The van der Waals surface area contributed by atoms with E-state index in [4.69, 9.17) is 0 Å². The quantitative estimate of drug-likeness (QED) is 0.508. The number of non-ortho nitro benzene ring substituents is 1. The molecule has 0 atom stereocenters. The maximum atomic E-state index is 11.9. The molecule has 8 heteroatoms. The van der Waals surface area contributed by atoms with Gasteiger partial charge in [0.15, 0.2) is 0 Å². The maximum absolute atomic E-state index is 11.9. The van der Waals surface area contributed by atoms with Crippen molar-refractivity contribution in [1.82, 2.24) is 9.97 Å². The number of imidazole rings is 1. The molecule has 3 aromatic rings. The molecular weight excluding hydrogens is 298 g/mol. The van der Waals surface area contributed by atoms with Crippen LogP contribution in [0.15, 0.2) is 42.5 Å². The van der Waals surface area contributed by atoms with Crippen LogP contribution in [0.5, 0.6) is 0 Å². The number of fused-ring (bicyclic) bond motifs is 1. The molecule has 1 aromatic heterocycles. The lowest BCUT2D eigenvalue weighted by Gasteiger charge is -2.04. The molecule has 0 aliphatic carbocycles. The molecular formula is C15H13N5O3. The number of hydrogen-bond acceptors (Lipinski definition) is 4. The topological polar surface area (TPSA) is 113 Å². The van der Waals surface area contributed by atoms with Crippen molar-refractivity contribution < 1.29 is 9.72 Å². The predicted octanol–water partition coefficient (Wildman–Crippen LogP) is 3.42. The van der Waals surface area contributed by atoms with Crippen LogP contribution in [0.3, 0.4) is 0 Å². The number of nitro benzene ring substituents is 1. The van der Waals surface area contributed by atoms with Gasteiger partial charge in [-0.15, -0.1) is 0 Å². The normalized spacial score (nSPS) is 10.5. The summed E-state index contributed by atoms with van der Waals surface area (Å²) < 4.78 is 0. The summed E-state index contributed by atoms with van der Waals surface area (Å²) in [5.41, 5.74) is 3.07. The van der Waals surface area contributed by atoms with Gasteiger partial charge in [0, 0.05) is 17.8 Å². The number of anilines is 2. The highest BCUT2D eigenvalue weighted by atomic mass is 16.6. The van der Waals surface area contributed by atoms with Crippen LogP contribution in [-0.4, -0.2) is 20.9 Å². The minimum atomic E-state index is -0.500. The summed E-state index contributed by atoms with van der Waals surface area (Å²) in [5.74, 6) is 0.324. The summed E-state index contributed by atoms with van der Waals surface area (Å²) in [6.45, 7) is 1.97. The summed E-state index contributed by atoms with van der Waals surface area (Å²) in [7, 11) is 0. The molecule has 2 amide bonds. The molecule has 8 nitrogen and oxygen atoms in total. The lowest BCUT2D eigenvalue weighted by Crippen LogP contribution is -2.20. The number of aryl methyl sites for hydroxylation is 1. The fraction of sp³-hybridized carbons (Fsp3) is 0.0667. The van der Waals surface area contributed by atoms with Crippen molar-refractivity contribution in [2.45, 2.75) is 6.92 Å². The van der Waals surface area contributed by atoms with Gasteiger partial charge in [0.25, 0.3) is 5.69 Å². The molecule has 0 saturated carbocycles. The monoisotopic (exact) mass is 311 g/mol. The van der Waals surface area contributed by atoms with Crippen LogP contribution >= 0.6 is 0 Å². The lowest BCUT2D eigenvalue weighted by molar-refractivity contribution is -0.384. The number of aromatic nitrogens is 2. The molecule has 0 bridgehead atoms. The van der Waals surface area contributed by atoms with Crippen LogP contribution in [0.1, 0.15) is 5.56 Å². The van der Waals surface area contributed by atoms with Crippen LogP contribution in [0, 0.1) is 17.0 Å². The minimum Gasteiger partial charge on any atom is -0.324 e. The number of rotatable bonds is 3. The van der Waals surface area contributed by atoms with E-state index in [1.807, 2.05) is 25.1 Å². The molecule has 3 N–H and O–H groups in total.